The van der Waals surface area contributed by atoms with E-state index in [2.05, 4.69) is 10.2 Å². The largest absolute Gasteiger partial charge is 0.417 e. The van der Waals surface area contributed by atoms with Crippen LogP contribution >= 0.6 is 0 Å². The Kier molecular flexibility index (Phi) is 5.01. The Labute approximate surface area is 94.6 Å². The van der Waals surface area contributed by atoms with Gasteiger partial charge in [0.1, 0.15) is 0 Å². The molecule has 16 heavy (non-hydrogen) atoms. The third-order valence-electron chi connectivity index (χ3n) is 3.02. The maximum Gasteiger partial charge on any atom is 0.417 e. The highest BCUT2D eigenvalue weighted by Crippen LogP contribution is 2.23. The molecule has 1 atom stereocenters. The first kappa shape index (κ1) is 13.7. The minimum absolute atomic E-state index is 0.471. The Morgan fingerprint density at radius 1 is 1.19 bits per heavy atom. The van der Waals surface area contributed by atoms with E-state index in [1.807, 2.05) is 6.92 Å². The van der Waals surface area contributed by atoms with Crippen molar-refractivity contribution in [1.29, 1.82) is 0 Å². The quantitative estimate of drug-likeness (QED) is 0.796. The molecule has 1 N–H and O–H groups in total. The standard InChI is InChI=1S/C10H20F3N3/c1-3-15-5-4-6-16(8-7-15)9(14-2)10(11,12)13/h9,14H,3-8H2,1-2H3. The van der Waals surface area contributed by atoms with E-state index in [1.165, 1.54) is 11.9 Å². The third kappa shape index (κ3) is 3.61. The van der Waals surface area contributed by atoms with E-state index in [9.17, 15) is 13.2 Å². The van der Waals surface area contributed by atoms with E-state index in [1.54, 1.807) is 0 Å². The van der Waals surface area contributed by atoms with Crippen LogP contribution in [0.4, 0.5) is 13.2 Å². The molecule has 0 spiro atoms. The summed E-state index contributed by atoms with van der Waals surface area (Å²) in [7, 11) is 1.36. The molecule has 0 aliphatic carbocycles. The molecule has 0 radical (unpaired) electrons. The Morgan fingerprint density at radius 3 is 2.38 bits per heavy atom. The van der Waals surface area contributed by atoms with Crippen LogP contribution in [0.1, 0.15) is 13.3 Å². The lowest BCUT2D eigenvalue weighted by Gasteiger charge is -2.31. The fourth-order valence-electron chi connectivity index (χ4n) is 2.12. The normalized spacial score (nSPS) is 23.1. The molecule has 1 aliphatic rings. The van der Waals surface area contributed by atoms with Crippen molar-refractivity contribution in [3.8, 4) is 0 Å². The van der Waals surface area contributed by atoms with E-state index >= 15 is 0 Å². The van der Waals surface area contributed by atoms with Gasteiger partial charge in [-0.1, -0.05) is 6.92 Å². The summed E-state index contributed by atoms with van der Waals surface area (Å²) < 4.78 is 38.1. The minimum atomic E-state index is -4.20. The molecular formula is C10H20F3N3. The summed E-state index contributed by atoms with van der Waals surface area (Å²) in [4.78, 5) is 3.67. The molecule has 1 aliphatic heterocycles. The number of nitrogens with zero attached hydrogens (tertiary/aromatic N) is 2. The van der Waals surface area contributed by atoms with Gasteiger partial charge in [-0.3, -0.25) is 10.2 Å². The van der Waals surface area contributed by atoms with Crippen LogP contribution < -0.4 is 5.32 Å². The molecule has 0 aromatic carbocycles. The third-order valence-corrected chi connectivity index (χ3v) is 3.02. The molecule has 0 amide bonds. The van der Waals surface area contributed by atoms with E-state index in [0.717, 1.165) is 19.5 Å². The average Bonchev–Trinajstić information content (AvgIpc) is 2.42. The van der Waals surface area contributed by atoms with Gasteiger partial charge in [-0.2, -0.15) is 13.2 Å². The first-order valence-corrected chi connectivity index (χ1v) is 5.69. The van der Waals surface area contributed by atoms with E-state index in [4.69, 9.17) is 0 Å². The van der Waals surface area contributed by atoms with Crippen molar-refractivity contribution in [2.24, 2.45) is 0 Å². The predicted molar refractivity (Wildman–Crippen MR) is 57.2 cm³/mol. The molecule has 0 bridgehead atoms. The van der Waals surface area contributed by atoms with E-state index in [0.29, 0.717) is 19.6 Å². The summed E-state index contributed by atoms with van der Waals surface area (Å²) >= 11 is 0. The van der Waals surface area contributed by atoms with Crippen molar-refractivity contribution in [2.75, 3.05) is 39.8 Å². The van der Waals surface area contributed by atoms with Crippen molar-refractivity contribution in [1.82, 2.24) is 15.1 Å². The van der Waals surface area contributed by atoms with Gasteiger partial charge in [0.2, 0.25) is 0 Å². The van der Waals surface area contributed by atoms with E-state index < -0.39 is 12.3 Å². The van der Waals surface area contributed by atoms with E-state index in [-0.39, 0.29) is 0 Å². The first-order valence-electron chi connectivity index (χ1n) is 5.69. The monoisotopic (exact) mass is 239 g/mol. The van der Waals surface area contributed by atoms with Gasteiger partial charge < -0.3 is 4.90 Å². The molecule has 6 heteroatoms. The lowest BCUT2D eigenvalue weighted by atomic mass is 10.3. The smallest absolute Gasteiger partial charge is 0.302 e. The highest BCUT2D eigenvalue weighted by Gasteiger charge is 2.42. The number of hydrogen-bond acceptors (Lipinski definition) is 3. The van der Waals surface area contributed by atoms with Crippen LogP contribution in [0.25, 0.3) is 0 Å². The number of nitrogens with one attached hydrogen (secondary N) is 1. The van der Waals surface area contributed by atoms with Gasteiger partial charge in [0, 0.05) is 19.6 Å². The predicted octanol–water partition coefficient (Wildman–Crippen LogP) is 1.12. The Morgan fingerprint density at radius 2 is 1.88 bits per heavy atom. The lowest BCUT2D eigenvalue weighted by Crippen LogP contribution is -2.54. The van der Waals surface area contributed by atoms with Gasteiger partial charge in [-0.05, 0) is 26.6 Å². The zero-order chi connectivity index (χ0) is 12.2. The Hall–Kier alpha value is -0.330. The second kappa shape index (κ2) is 5.84. The number of hydrogen-bond donors (Lipinski definition) is 1. The van der Waals surface area contributed by atoms with Crippen LogP contribution in [0, 0.1) is 0 Å². The van der Waals surface area contributed by atoms with Gasteiger partial charge in [0.15, 0.2) is 6.17 Å². The van der Waals surface area contributed by atoms with Crippen molar-refractivity contribution >= 4 is 0 Å². The SMILES string of the molecule is CCN1CCCN(C(NC)C(F)(F)F)CC1. The van der Waals surface area contributed by atoms with Crippen LogP contribution in [0.5, 0.6) is 0 Å². The molecule has 96 valence electrons. The number of halogens is 3. The molecule has 1 fully saturated rings. The molecule has 1 heterocycles. The zero-order valence-electron chi connectivity index (χ0n) is 9.85. The van der Waals surface area contributed by atoms with Crippen LogP contribution in [-0.2, 0) is 0 Å². The number of rotatable bonds is 3. The minimum Gasteiger partial charge on any atom is -0.302 e. The second-order valence-electron chi connectivity index (χ2n) is 4.06. The Bertz CT molecular complexity index is 208. The van der Waals surface area contributed by atoms with Gasteiger partial charge in [-0.25, -0.2) is 0 Å². The molecular weight excluding hydrogens is 219 g/mol. The molecule has 1 unspecified atom stereocenters. The summed E-state index contributed by atoms with van der Waals surface area (Å²) in [6, 6.07) is 0. The van der Waals surface area contributed by atoms with Crippen molar-refractivity contribution < 1.29 is 13.2 Å². The van der Waals surface area contributed by atoms with Gasteiger partial charge in [0.05, 0.1) is 0 Å². The molecule has 0 saturated carbocycles. The maximum atomic E-state index is 12.7. The summed E-state index contributed by atoms with van der Waals surface area (Å²) in [6.07, 6.45) is -4.91. The van der Waals surface area contributed by atoms with Gasteiger partial charge in [-0.15, -0.1) is 0 Å². The van der Waals surface area contributed by atoms with Crippen LogP contribution in [0.3, 0.4) is 0 Å². The molecule has 1 saturated heterocycles. The highest BCUT2D eigenvalue weighted by molar-refractivity contribution is 4.78. The summed E-state index contributed by atoms with van der Waals surface area (Å²) in [5.41, 5.74) is 0. The molecule has 1 rings (SSSR count). The second-order valence-corrected chi connectivity index (χ2v) is 4.06. The van der Waals surface area contributed by atoms with Gasteiger partial charge >= 0.3 is 6.18 Å². The highest BCUT2D eigenvalue weighted by atomic mass is 19.4. The summed E-state index contributed by atoms with van der Waals surface area (Å²) in [5.74, 6) is 0. The summed E-state index contributed by atoms with van der Waals surface area (Å²) in [5, 5.41) is 2.35. The fraction of sp³-hybridized carbons (Fsp3) is 1.00. The van der Waals surface area contributed by atoms with Crippen molar-refractivity contribution in [2.45, 2.75) is 25.7 Å². The summed E-state index contributed by atoms with van der Waals surface area (Å²) in [6.45, 7) is 5.52. The molecule has 3 nitrogen and oxygen atoms in total. The zero-order valence-corrected chi connectivity index (χ0v) is 9.85. The number of alkyl halides is 3. The van der Waals surface area contributed by atoms with Crippen LogP contribution in [-0.4, -0.2) is 61.9 Å². The molecule has 0 aromatic heterocycles. The van der Waals surface area contributed by atoms with Crippen LogP contribution in [0.15, 0.2) is 0 Å². The van der Waals surface area contributed by atoms with Gasteiger partial charge in [0.25, 0.3) is 0 Å². The van der Waals surface area contributed by atoms with Crippen LogP contribution in [0.2, 0.25) is 0 Å². The average molecular weight is 239 g/mol. The topological polar surface area (TPSA) is 18.5 Å². The lowest BCUT2D eigenvalue weighted by molar-refractivity contribution is -0.190. The molecule has 0 aromatic rings. The first-order chi connectivity index (χ1) is 7.49. The van der Waals surface area contributed by atoms with Crippen molar-refractivity contribution in [3.63, 3.8) is 0 Å². The fourth-order valence-corrected chi connectivity index (χ4v) is 2.12. The van der Waals surface area contributed by atoms with Crippen molar-refractivity contribution in [3.05, 3.63) is 0 Å². The Balaban J connectivity index is 2.58. The maximum absolute atomic E-state index is 12.7. The number of likely N-dealkylation sites (N-methyl/N-ethyl adjacent to an activating group) is 1.